The van der Waals surface area contributed by atoms with Crippen molar-refractivity contribution in [3.8, 4) is 0 Å². The van der Waals surface area contributed by atoms with E-state index in [9.17, 15) is 9.59 Å². The Morgan fingerprint density at radius 2 is 1.62 bits per heavy atom. The van der Waals surface area contributed by atoms with Crippen molar-refractivity contribution in [1.82, 2.24) is 5.32 Å². The second-order valence-corrected chi connectivity index (χ2v) is 8.08. The van der Waals surface area contributed by atoms with Crippen LogP contribution in [-0.2, 0) is 16.0 Å². The Labute approximate surface area is 177 Å². The Hall–Kier alpha value is -2.47. The second-order valence-electron chi connectivity index (χ2n) is 7.23. The maximum atomic E-state index is 12.1. The van der Waals surface area contributed by atoms with Gasteiger partial charge < -0.3 is 15.5 Å². The van der Waals surface area contributed by atoms with Gasteiger partial charge in [0.1, 0.15) is 0 Å². The van der Waals surface area contributed by atoms with Crippen LogP contribution >= 0.6 is 11.8 Å². The summed E-state index contributed by atoms with van der Waals surface area (Å²) in [6.07, 6.45) is 7.80. The van der Waals surface area contributed by atoms with Crippen molar-refractivity contribution in [2.75, 3.05) is 36.1 Å². The lowest BCUT2D eigenvalue weighted by Crippen LogP contribution is -2.36. The molecule has 0 unspecified atom stereocenters. The van der Waals surface area contributed by atoms with Crippen molar-refractivity contribution >= 4 is 35.0 Å². The lowest BCUT2D eigenvalue weighted by molar-refractivity contribution is -0.136. The van der Waals surface area contributed by atoms with Gasteiger partial charge in [0.25, 0.3) is 0 Å². The minimum atomic E-state index is -0.636. The number of amides is 2. The Balaban J connectivity index is 1.45. The predicted molar refractivity (Wildman–Crippen MR) is 121 cm³/mol. The summed E-state index contributed by atoms with van der Waals surface area (Å²) in [5, 5.41) is 5.39. The fourth-order valence-electron chi connectivity index (χ4n) is 3.53. The molecule has 0 aromatic heterocycles. The van der Waals surface area contributed by atoms with Gasteiger partial charge in [-0.2, -0.15) is 0 Å². The summed E-state index contributed by atoms with van der Waals surface area (Å²) >= 11 is 1.53. The van der Waals surface area contributed by atoms with E-state index in [1.807, 2.05) is 24.5 Å². The maximum Gasteiger partial charge on any atom is 0.313 e. The molecule has 1 fully saturated rings. The zero-order chi connectivity index (χ0) is 20.5. The molecule has 1 aliphatic rings. The van der Waals surface area contributed by atoms with Crippen LogP contribution in [0.4, 0.5) is 11.4 Å². The highest BCUT2D eigenvalue weighted by atomic mass is 32.2. The molecule has 3 rings (SSSR count). The number of para-hydroxylation sites is 1. The van der Waals surface area contributed by atoms with E-state index in [2.05, 4.69) is 39.8 Å². The molecule has 1 aliphatic heterocycles. The lowest BCUT2D eigenvalue weighted by Gasteiger charge is -2.22. The molecule has 1 saturated heterocycles. The number of nitrogens with zero attached hydrogens (tertiary/aromatic N) is 1. The average molecular weight is 412 g/mol. The normalized spacial score (nSPS) is 14.2. The van der Waals surface area contributed by atoms with Crippen LogP contribution in [0.25, 0.3) is 0 Å². The molecule has 29 heavy (non-hydrogen) atoms. The molecule has 2 aromatic rings. The summed E-state index contributed by atoms with van der Waals surface area (Å²) in [6.45, 7) is 2.69. The zero-order valence-corrected chi connectivity index (χ0v) is 17.8. The first-order chi connectivity index (χ1) is 14.2. The average Bonchev–Trinajstić information content (AvgIpc) is 3.04. The fourth-order valence-corrected chi connectivity index (χ4v) is 4.08. The van der Waals surface area contributed by atoms with E-state index in [0.717, 1.165) is 23.5 Å². The molecular formula is C23H29N3O2S. The molecule has 1 heterocycles. The molecule has 5 nitrogen and oxygen atoms in total. The highest BCUT2D eigenvalue weighted by Crippen LogP contribution is 2.24. The molecule has 0 spiro atoms. The van der Waals surface area contributed by atoms with E-state index in [0.29, 0.717) is 18.7 Å². The third kappa shape index (κ3) is 6.26. The zero-order valence-electron chi connectivity index (χ0n) is 16.9. The van der Waals surface area contributed by atoms with Crippen LogP contribution in [0.3, 0.4) is 0 Å². The van der Waals surface area contributed by atoms with Crippen molar-refractivity contribution < 1.29 is 9.59 Å². The third-order valence-corrected chi connectivity index (χ3v) is 5.96. The van der Waals surface area contributed by atoms with E-state index >= 15 is 0 Å². The van der Waals surface area contributed by atoms with Gasteiger partial charge in [-0.15, -0.1) is 11.8 Å². The third-order valence-electron chi connectivity index (χ3n) is 5.17. The van der Waals surface area contributed by atoms with Gasteiger partial charge in [0, 0.05) is 30.2 Å². The molecule has 0 bridgehead atoms. The Kier molecular flexibility index (Phi) is 7.99. The van der Waals surface area contributed by atoms with Crippen molar-refractivity contribution in [3.63, 3.8) is 0 Å². The largest absolute Gasteiger partial charge is 0.372 e. The monoisotopic (exact) mass is 411 g/mol. The van der Waals surface area contributed by atoms with Crippen molar-refractivity contribution in [2.24, 2.45) is 0 Å². The molecule has 2 amide bonds. The van der Waals surface area contributed by atoms with E-state index in [1.165, 1.54) is 43.1 Å². The number of anilines is 2. The number of carbonyl (C=O) groups is 2. The number of benzene rings is 2. The van der Waals surface area contributed by atoms with Gasteiger partial charge >= 0.3 is 11.8 Å². The van der Waals surface area contributed by atoms with Gasteiger partial charge in [-0.1, -0.05) is 37.1 Å². The predicted octanol–water partition coefficient (Wildman–Crippen LogP) is 4.09. The minimum Gasteiger partial charge on any atom is -0.372 e. The van der Waals surface area contributed by atoms with Crippen LogP contribution in [0.2, 0.25) is 0 Å². The lowest BCUT2D eigenvalue weighted by atomic mass is 10.1. The standard InChI is InChI=1S/C23H29N3O2S/c1-29-21-9-5-4-8-20(21)25-23(28)22(27)24-15-14-18-10-12-19(13-11-18)26-16-6-2-3-7-17-26/h4-5,8-13H,2-3,6-7,14-17H2,1H3,(H,24,27)(H,25,28). The molecule has 154 valence electrons. The summed E-state index contributed by atoms with van der Waals surface area (Å²) in [4.78, 5) is 27.6. The second kappa shape index (κ2) is 10.9. The van der Waals surface area contributed by atoms with E-state index in [-0.39, 0.29) is 0 Å². The first-order valence-electron chi connectivity index (χ1n) is 10.2. The molecule has 2 aromatic carbocycles. The fraction of sp³-hybridized carbons (Fsp3) is 0.391. The smallest absolute Gasteiger partial charge is 0.313 e. The quantitative estimate of drug-likeness (QED) is 0.555. The van der Waals surface area contributed by atoms with Gasteiger partial charge in [0.15, 0.2) is 0 Å². The highest BCUT2D eigenvalue weighted by molar-refractivity contribution is 7.98. The number of hydrogen-bond donors (Lipinski definition) is 2. The molecule has 0 radical (unpaired) electrons. The molecule has 2 N–H and O–H groups in total. The summed E-state index contributed by atoms with van der Waals surface area (Å²) in [7, 11) is 0. The van der Waals surface area contributed by atoms with Crippen molar-refractivity contribution in [1.29, 1.82) is 0 Å². The van der Waals surface area contributed by atoms with Crippen LogP contribution < -0.4 is 15.5 Å². The maximum absolute atomic E-state index is 12.1. The van der Waals surface area contributed by atoms with Crippen LogP contribution in [0.15, 0.2) is 53.4 Å². The number of thioether (sulfide) groups is 1. The van der Waals surface area contributed by atoms with Crippen LogP contribution in [-0.4, -0.2) is 37.7 Å². The summed E-state index contributed by atoms with van der Waals surface area (Å²) in [5.74, 6) is -1.25. The van der Waals surface area contributed by atoms with Crippen LogP contribution in [0.1, 0.15) is 31.2 Å². The molecule has 0 saturated carbocycles. The molecule has 0 aliphatic carbocycles. The number of nitrogens with one attached hydrogen (secondary N) is 2. The number of hydrogen-bond acceptors (Lipinski definition) is 4. The first kappa shape index (κ1) is 21.2. The number of carbonyl (C=O) groups excluding carboxylic acids is 2. The first-order valence-corrected chi connectivity index (χ1v) is 11.5. The summed E-state index contributed by atoms with van der Waals surface area (Å²) in [5.41, 5.74) is 3.08. The Morgan fingerprint density at radius 3 is 2.31 bits per heavy atom. The Morgan fingerprint density at radius 1 is 0.931 bits per heavy atom. The van der Waals surface area contributed by atoms with Gasteiger partial charge in [-0.3, -0.25) is 9.59 Å². The molecular weight excluding hydrogens is 382 g/mol. The SMILES string of the molecule is CSc1ccccc1NC(=O)C(=O)NCCc1ccc(N2CCCCCC2)cc1. The number of rotatable bonds is 6. The van der Waals surface area contributed by atoms with Gasteiger partial charge in [0.2, 0.25) is 0 Å². The van der Waals surface area contributed by atoms with Gasteiger partial charge in [-0.05, 0) is 55.3 Å². The molecule has 0 atom stereocenters. The topological polar surface area (TPSA) is 61.4 Å². The molecule has 6 heteroatoms. The van der Waals surface area contributed by atoms with Gasteiger partial charge in [0.05, 0.1) is 5.69 Å². The Bertz CT molecular complexity index is 815. The van der Waals surface area contributed by atoms with Crippen molar-refractivity contribution in [2.45, 2.75) is 37.0 Å². The summed E-state index contributed by atoms with van der Waals surface area (Å²) in [6, 6.07) is 16.0. The minimum absolute atomic E-state index is 0.430. The van der Waals surface area contributed by atoms with E-state index < -0.39 is 11.8 Å². The highest BCUT2D eigenvalue weighted by Gasteiger charge is 2.15. The van der Waals surface area contributed by atoms with Crippen LogP contribution in [0.5, 0.6) is 0 Å². The van der Waals surface area contributed by atoms with Crippen molar-refractivity contribution in [3.05, 3.63) is 54.1 Å². The van der Waals surface area contributed by atoms with Gasteiger partial charge in [-0.25, -0.2) is 0 Å². The van der Waals surface area contributed by atoms with E-state index in [1.54, 1.807) is 6.07 Å². The van der Waals surface area contributed by atoms with E-state index in [4.69, 9.17) is 0 Å². The van der Waals surface area contributed by atoms with Crippen LogP contribution in [0, 0.1) is 0 Å². The summed E-state index contributed by atoms with van der Waals surface area (Å²) < 4.78 is 0.